The zero-order valence-corrected chi connectivity index (χ0v) is 7.80. The Bertz CT molecular complexity index is 183. The van der Waals surface area contributed by atoms with Crippen LogP contribution < -0.4 is 0 Å². The molecule has 7 nitrogen and oxygen atoms in total. The molecule has 7 heteroatoms. The molecule has 0 rings (SSSR count). The molecule has 0 N–H and O–H groups in total. The maximum absolute atomic E-state index is 10.6. The highest BCUT2D eigenvalue weighted by Gasteiger charge is 2.01. The average Bonchev–Trinajstić information content (AvgIpc) is 2.11. The van der Waals surface area contributed by atoms with Crippen LogP contribution in [0.1, 0.15) is 19.8 Å². The molecule has 14 heavy (non-hydrogen) atoms. The van der Waals surface area contributed by atoms with Gasteiger partial charge in [-0.15, -0.1) is 10.1 Å². The topological polar surface area (TPSA) is 87.9 Å². The summed E-state index contributed by atoms with van der Waals surface area (Å²) in [7, 11) is 0. The van der Waals surface area contributed by atoms with Gasteiger partial charge in [-0.25, -0.2) is 4.79 Å². The van der Waals surface area contributed by atoms with Crippen molar-refractivity contribution in [1.82, 2.24) is 0 Å². The third kappa shape index (κ3) is 8.57. The molecule has 81 valence electrons. The highest BCUT2D eigenvalue weighted by Crippen LogP contribution is 1.94. The van der Waals surface area contributed by atoms with Crippen molar-refractivity contribution in [2.45, 2.75) is 19.8 Å². The van der Waals surface area contributed by atoms with Crippen LogP contribution in [0.4, 0.5) is 4.79 Å². The zero-order valence-electron chi connectivity index (χ0n) is 7.80. The van der Waals surface area contributed by atoms with Gasteiger partial charge in [0.15, 0.2) is 0 Å². The minimum atomic E-state index is -0.860. The molecule has 0 aliphatic heterocycles. The molecule has 1 radical (unpaired) electrons. The highest BCUT2D eigenvalue weighted by atomic mass is 16.9. The van der Waals surface area contributed by atoms with E-state index in [-0.39, 0.29) is 13.2 Å². The van der Waals surface area contributed by atoms with Gasteiger partial charge in [0.1, 0.15) is 6.61 Å². The lowest BCUT2D eigenvalue weighted by Crippen LogP contribution is -2.08. The first kappa shape index (κ1) is 12.5. The molecule has 0 aromatic heterocycles. The Balaban J connectivity index is 3.13. The first-order chi connectivity index (χ1) is 6.66. The number of carbonyl (C=O) groups excluding carboxylic acids is 1. The van der Waals surface area contributed by atoms with Crippen LogP contribution in [0.15, 0.2) is 0 Å². The molecule has 0 saturated heterocycles. The fourth-order valence-corrected chi connectivity index (χ4v) is 0.629. The molecule has 0 amide bonds. The molecule has 0 aliphatic rings. The molecular formula is C7H12NO6. The molecule has 0 aromatic rings. The van der Waals surface area contributed by atoms with E-state index in [0.717, 1.165) is 0 Å². The van der Waals surface area contributed by atoms with Crippen LogP contribution in [0.2, 0.25) is 0 Å². The Morgan fingerprint density at radius 2 is 2.07 bits per heavy atom. The van der Waals surface area contributed by atoms with E-state index < -0.39 is 11.2 Å². The van der Waals surface area contributed by atoms with Crippen molar-refractivity contribution in [3.8, 4) is 0 Å². The van der Waals surface area contributed by atoms with Crippen molar-refractivity contribution in [2.75, 3.05) is 13.2 Å². The number of rotatable bonds is 7. The minimum Gasteiger partial charge on any atom is -0.434 e. The summed E-state index contributed by atoms with van der Waals surface area (Å²) >= 11 is 0. The largest absolute Gasteiger partial charge is 0.508 e. The lowest BCUT2D eigenvalue weighted by Gasteiger charge is -2.03. The quantitative estimate of drug-likeness (QED) is 0.270. The summed E-state index contributed by atoms with van der Waals surface area (Å²) in [6, 6.07) is 0. The summed E-state index contributed by atoms with van der Waals surface area (Å²) in [5.74, 6) is 0. The summed E-state index contributed by atoms with van der Waals surface area (Å²) in [6.45, 7) is 2.92. The van der Waals surface area contributed by atoms with E-state index in [9.17, 15) is 14.9 Å². The van der Waals surface area contributed by atoms with Gasteiger partial charge in [-0.3, -0.25) is 0 Å². The van der Waals surface area contributed by atoms with Crippen LogP contribution >= 0.6 is 0 Å². The van der Waals surface area contributed by atoms with Gasteiger partial charge >= 0.3 is 6.16 Å². The SMILES string of the molecule is C[CH]OC(=O)OCCCCO[N+](=O)[O-]. The Labute approximate surface area is 81.0 Å². The van der Waals surface area contributed by atoms with E-state index in [1.54, 1.807) is 6.92 Å². The summed E-state index contributed by atoms with van der Waals surface area (Å²) in [5.41, 5.74) is 0. The zero-order chi connectivity index (χ0) is 10.8. The van der Waals surface area contributed by atoms with Crippen molar-refractivity contribution < 1.29 is 24.2 Å². The van der Waals surface area contributed by atoms with Gasteiger partial charge in [0.25, 0.3) is 5.09 Å². The molecule has 0 saturated carbocycles. The van der Waals surface area contributed by atoms with Gasteiger partial charge in [0, 0.05) is 0 Å². The second kappa shape index (κ2) is 8.09. The Morgan fingerprint density at radius 1 is 1.43 bits per heavy atom. The van der Waals surface area contributed by atoms with Crippen molar-refractivity contribution in [2.24, 2.45) is 0 Å². The number of carbonyl (C=O) groups is 1. The Kier molecular flexibility index (Phi) is 7.20. The maximum Gasteiger partial charge on any atom is 0.508 e. The van der Waals surface area contributed by atoms with E-state index in [1.165, 1.54) is 6.61 Å². The maximum atomic E-state index is 10.6. The molecule has 0 spiro atoms. The van der Waals surface area contributed by atoms with Gasteiger partial charge in [-0.1, -0.05) is 0 Å². The van der Waals surface area contributed by atoms with Crippen LogP contribution in [-0.4, -0.2) is 24.5 Å². The lowest BCUT2D eigenvalue weighted by molar-refractivity contribution is -0.757. The van der Waals surface area contributed by atoms with E-state index in [0.29, 0.717) is 12.8 Å². The molecule has 0 aromatic carbocycles. The standard InChI is InChI=1S/C7H12NO6/c1-2-12-7(9)13-5-3-4-6-14-8(10)11/h2H,3-6H2,1H3. The van der Waals surface area contributed by atoms with Crippen molar-refractivity contribution in [3.63, 3.8) is 0 Å². The van der Waals surface area contributed by atoms with Crippen molar-refractivity contribution in [3.05, 3.63) is 16.7 Å². The minimum absolute atomic E-state index is 0.00527. The van der Waals surface area contributed by atoms with Crippen molar-refractivity contribution in [1.29, 1.82) is 0 Å². The average molecular weight is 206 g/mol. The van der Waals surface area contributed by atoms with Gasteiger partial charge in [-0.2, -0.15) is 0 Å². The van der Waals surface area contributed by atoms with Crippen LogP contribution in [0.3, 0.4) is 0 Å². The summed E-state index contributed by atoms with van der Waals surface area (Å²) < 4.78 is 8.93. The molecule has 0 heterocycles. The second-order valence-corrected chi connectivity index (χ2v) is 2.22. The van der Waals surface area contributed by atoms with Gasteiger partial charge in [0.05, 0.1) is 13.2 Å². The highest BCUT2D eigenvalue weighted by molar-refractivity contribution is 5.60. The van der Waals surface area contributed by atoms with Crippen LogP contribution in [-0.2, 0) is 14.3 Å². The summed E-state index contributed by atoms with van der Waals surface area (Å²) in [5, 5.41) is 8.84. The second-order valence-electron chi connectivity index (χ2n) is 2.22. The normalized spacial score (nSPS) is 9.21. The first-order valence-corrected chi connectivity index (χ1v) is 4.05. The van der Waals surface area contributed by atoms with Gasteiger partial charge in [0.2, 0.25) is 0 Å². The predicted molar refractivity (Wildman–Crippen MR) is 44.6 cm³/mol. The molecule has 0 unspecified atom stereocenters. The summed E-state index contributed by atoms with van der Waals surface area (Å²) in [6.07, 6.45) is 0.166. The van der Waals surface area contributed by atoms with Gasteiger partial charge < -0.3 is 14.3 Å². The van der Waals surface area contributed by atoms with E-state index >= 15 is 0 Å². The molecule has 0 fully saturated rings. The number of hydrogen-bond acceptors (Lipinski definition) is 6. The first-order valence-electron chi connectivity index (χ1n) is 4.05. The smallest absolute Gasteiger partial charge is 0.434 e. The fraction of sp³-hybridized carbons (Fsp3) is 0.714. The van der Waals surface area contributed by atoms with Crippen molar-refractivity contribution >= 4 is 6.16 Å². The van der Waals surface area contributed by atoms with E-state index in [1.807, 2.05) is 0 Å². The number of hydrogen-bond donors (Lipinski definition) is 0. The Morgan fingerprint density at radius 3 is 2.64 bits per heavy atom. The third-order valence-corrected chi connectivity index (χ3v) is 1.17. The third-order valence-electron chi connectivity index (χ3n) is 1.17. The van der Waals surface area contributed by atoms with E-state index in [4.69, 9.17) is 0 Å². The van der Waals surface area contributed by atoms with Crippen LogP contribution in [0.5, 0.6) is 0 Å². The number of nitrogens with zero attached hydrogens (tertiary/aromatic N) is 1. The Hall–Kier alpha value is -1.53. The van der Waals surface area contributed by atoms with Crippen LogP contribution in [0, 0.1) is 16.7 Å². The lowest BCUT2D eigenvalue weighted by atomic mass is 10.3. The van der Waals surface area contributed by atoms with Gasteiger partial charge in [-0.05, 0) is 19.8 Å². The number of ether oxygens (including phenoxy) is 2. The molecule has 0 aliphatic carbocycles. The fourth-order valence-electron chi connectivity index (χ4n) is 0.629. The molecular weight excluding hydrogens is 194 g/mol. The van der Waals surface area contributed by atoms with E-state index in [2.05, 4.69) is 14.3 Å². The predicted octanol–water partition coefficient (Wildman–Crippen LogP) is 1.31. The summed E-state index contributed by atoms with van der Waals surface area (Å²) in [4.78, 5) is 24.3. The monoisotopic (exact) mass is 206 g/mol. The molecule has 0 bridgehead atoms. The molecule has 0 atom stereocenters. The number of unbranched alkanes of at least 4 members (excludes halogenated alkanes) is 1. The van der Waals surface area contributed by atoms with Crippen LogP contribution in [0.25, 0.3) is 0 Å².